The predicted octanol–water partition coefficient (Wildman–Crippen LogP) is 4.26. The van der Waals surface area contributed by atoms with Crippen molar-refractivity contribution in [1.29, 1.82) is 0 Å². The van der Waals surface area contributed by atoms with Gasteiger partial charge in [0.05, 0.1) is 21.6 Å². The van der Waals surface area contributed by atoms with Crippen molar-refractivity contribution in [2.75, 3.05) is 0 Å². The first-order valence-corrected chi connectivity index (χ1v) is 8.16. The molecule has 114 valence electrons. The summed E-state index contributed by atoms with van der Waals surface area (Å²) < 4.78 is 1.07. The SMILES string of the molecule is O=C(Cc1cccc(Cl)c1)N/N=C/c1cc(Br)c(O)c(Br)c1. The Morgan fingerprint density at radius 1 is 1.27 bits per heavy atom. The highest BCUT2D eigenvalue weighted by Gasteiger charge is 2.05. The molecule has 0 saturated carbocycles. The second kappa shape index (κ2) is 7.76. The van der Waals surface area contributed by atoms with Crippen LogP contribution in [0.5, 0.6) is 5.75 Å². The topological polar surface area (TPSA) is 61.7 Å². The van der Waals surface area contributed by atoms with E-state index in [0.29, 0.717) is 14.0 Å². The number of nitrogens with zero attached hydrogens (tertiary/aromatic N) is 1. The van der Waals surface area contributed by atoms with Crippen molar-refractivity contribution in [3.63, 3.8) is 0 Å². The van der Waals surface area contributed by atoms with Gasteiger partial charge in [-0.2, -0.15) is 5.10 Å². The van der Waals surface area contributed by atoms with E-state index < -0.39 is 0 Å². The number of hydrogen-bond donors (Lipinski definition) is 2. The zero-order chi connectivity index (χ0) is 16.1. The predicted molar refractivity (Wildman–Crippen MR) is 94.4 cm³/mol. The van der Waals surface area contributed by atoms with Gasteiger partial charge in [0, 0.05) is 5.02 Å². The third-order valence-corrected chi connectivity index (χ3v) is 4.14. The molecule has 0 bridgehead atoms. The molecule has 0 aliphatic carbocycles. The quantitative estimate of drug-likeness (QED) is 0.545. The van der Waals surface area contributed by atoms with Crippen LogP contribution in [0.1, 0.15) is 11.1 Å². The second-order valence-electron chi connectivity index (χ2n) is 4.43. The Balaban J connectivity index is 1.96. The van der Waals surface area contributed by atoms with Gasteiger partial charge in [-0.3, -0.25) is 4.79 Å². The lowest BCUT2D eigenvalue weighted by Gasteiger charge is -2.03. The first-order chi connectivity index (χ1) is 10.5. The molecule has 0 fully saturated rings. The van der Waals surface area contributed by atoms with E-state index in [1.54, 1.807) is 30.3 Å². The molecule has 0 unspecified atom stereocenters. The second-order valence-corrected chi connectivity index (χ2v) is 6.58. The molecule has 0 aliphatic heterocycles. The minimum atomic E-state index is -0.240. The number of hydrazone groups is 1. The number of nitrogens with one attached hydrogen (secondary N) is 1. The number of aromatic hydroxyl groups is 1. The molecule has 0 spiro atoms. The highest BCUT2D eigenvalue weighted by molar-refractivity contribution is 9.11. The highest BCUT2D eigenvalue weighted by Crippen LogP contribution is 2.32. The monoisotopic (exact) mass is 444 g/mol. The molecular formula is C15H11Br2ClN2O2. The summed E-state index contributed by atoms with van der Waals surface area (Å²) in [6.07, 6.45) is 1.69. The number of phenolic OH excluding ortho intramolecular Hbond substituents is 1. The van der Waals surface area contributed by atoms with Crippen LogP contribution in [0, 0.1) is 0 Å². The summed E-state index contributed by atoms with van der Waals surface area (Å²) in [5, 5.41) is 14.1. The molecule has 22 heavy (non-hydrogen) atoms. The smallest absolute Gasteiger partial charge is 0.244 e. The van der Waals surface area contributed by atoms with Crippen molar-refractivity contribution in [2.45, 2.75) is 6.42 Å². The third-order valence-electron chi connectivity index (χ3n) is 2.70. The fourth-order valence-electron chi connectivity index (χ4n) is 1.71. The molecule has 4 nitrogen and oxygen atoms in total. The van der Waals surface area contributed by atoms with Gasteiger partial charge in [0.25, 0.3) is 0 Å². The number of amides is 1. The molecule has 0 saturated heterocycles. The van der Waals surface area contributed by atoms with Crippen LogP contribution in [0.4, 0.5) is 0 Å². The molecule has 2 aromatic carbocycles. The van der Waals surface area contributed by atoms with Gasteiger partial charge in [-0.05, 0) is 67.3 Å². The van der Waals surface area contributed by atoms with Gasteiger partial charge in [0.1, 0.15) is 5.75 Å². The van der Waals surface area contributed by atoms with Crippen LogP contribution in [-0.4, -0.2) is 17.2 Å². The molecule has 0 heterocycles. The number of benzene rings is 2. The highest BCUT2D eigenvalue weighted by atomic mass is 79.9. The Morgan fingerprint density at radius 2 is 1.95 bits per heavy atom. The number of hydrogen-bond acceptors (Lipinski definition) is 3. The van der Waals surface area contributed by atoms with E-state index in [9.17, 15) is 9.90 Å². The van der Waals surface area contributed by atoms with E-state index in [1.807, 2.05) is 6.07 Å². The molecule has 0 aliphatic rings. The summed E-state index contributed by atoms with van der Waals surface area (Å²) in [7, 11) is 0. The number of carbonyl (C=O) groups excluding carboxylic acids is 1. The maximum Gasteiger partial charge on any atom is 0.244 e. The lowest BCUT2D eigenvalue weighted by molar-refractivity contribution is -0.120. The van der Waals surface area contributed by atoms with Crippen LogP contribution >= 0.6 is 43.5 Å². The molecule has 1 amide bonds. The first kappa shape index (κ1) is 17.0. The average molecular weight is 447 g/mol. The zero-order valence-corrected chi connectivity index (χ0v) is 15.1. The number of rotatable bonds is 4. The fraction of sp³-hybridized carbons (Fsp3) is 0.0667. The van der Waals surface area contributed by atoms with Crippen molar-refractivity contribution in [3.05, 3.63) is 61.5 Å². The van der Waals surface area contributed by atoms with Crippen molar-refractivity contribution in [2.24, 2.45) is 5.10 Å². The maximum atomic E-state index is 11.8. The van der Waals surface area contributed by atoms with Gasteiger partial charge in [-0.25, -0.2) is 5.43 Å². The van der Waals surface area contributed by atoms with E-state index in [-0.39, 0.29) is 18.1 Å². The summed E-state index contributed by atoms with van der Waals surface area (Å²) in [5.74, 6) is -0.127. The van der Waals surface area contributed by atoms with Crippen molar-refractivity contribution in [3.8, 4) is 5.75 Å². The van der Waals surface area contributed by atoms with E-state index in [4.69, 9.17) is 11.6 Å². The first-order valence-electron chi connectivity index (χ1n) is 6.20. The van der Waals surface area contributed by atoms with Gasteiger partial charge in [0.15, 0.2) is 0 Å². The summed E-state index contributed by atoms with van der Waals surface area (Å²) in [4.78, 5) is 11.8. The van der Waals surface area contributed by atoms with Crippen LogP contribution in [0.15, 0.2) is 50.4 Å². The Bertz CT molecular complexity index is 712. The summed E-state index contributed by atoms with van der Waals surface area (Å²) in [6.45, 7) is 0. The van der Waals surface area contributed by atoms with Gasteiger partial charge >= 0.3 is 0 Å². The van der Waals surface area contributed by atoms with E-state index in [1.165, 1.54) is 6.21 Å². The van der Waals surface area contributed by atoms with E-state index in [2.05, 4.69) is 42.4 Å². The standard InChI is InChI=1S/C15H11Br2ClN2O2/c16-12-5-10(6-13(17)15(12)22)8-19-20-14(21)7-9-2-1-3-11(18)4-9/h1-6,8,22H,7H2,(H,20,21)/b19-8+. The molecule has 0 aromatic heterocycles. The minimum Gasteiger partial charge on any atom is -0.506 e. The molecule has 2 aromatic rings. The van der Waals surface area contributed by atoms with Gasteiger partial charge in [-0.15, -0.1) is 0 Å². The molecule has 2 rings (SSSR count). The number of carbonyl (C=O) groups is 1. The molecule has 0 radical (unpaired) electrons. The summed E-state index contributed by atoms with van der Waals surface area (Å²) in [6, 6.07) is 10.5. The Kier molecular flexibility index (Phi) is 5.99. The Labute approximate surface area is 149 Å². The van der Waals surface area contributed by atoms with E-state index in [0.717, 1.165) is 11.1 Å². The van der Waals surface area contributed by atoms with Crippen LogP contribution in [-0.2, 0) is 11.2 Å². The lowest BCUT2D eigenvalue weighted by atomic mass is 10.1. The maximum absolute atomic E-state index is 11.8. The zero-order valence-electron chi connectivity index (χ0n) is 11.2. The fourth-order valence-corrected chi connectivity index (χ4v) is 3.15. The lowest BCUT2D eigenvalue weighted by Crippen LogP contribution is -2.19. The van der Waals surface area contributed by atoms with E-state index >= 15 is 0 Å². The van der Waals surface area contributed by atoms with Gasteiger partial charge in [-0.1, -0.05) is 23.7 Å². The molecule has 2 N–H and O–H groups in total. The molecular weight excluding hydrogens is 435 g/mol. The van der Waals surface area contributed by atoms with Crippen molar-refractivity contribution in [1.82, 2.24) is 5.43 Å². The molecule has 0 atom stereocenters. The summed E-state index contributed by atoms with van der Waals surface area (Å²) in [5.41, 5.74) is 3.98. The van der Waals surface area contributed by atoms with Gasteiger partial charge < -0.3 is 5.11 Å². The van der Waals surface area contributed by atoms with Crippen LogP contribution < -0.4 is 5.43 Å². The third kappa shape index (κ3) is 4.83. The Hall–Kier alpha value is -1.37. The minimum absolute atomic E-state index is 0.113. The normalized spacial score (nSPS) is 10.9. The van der Waals surface area contributed by atoms with Crippen molar-refractivity contribution < 1.29 is 9.90 Å². The average Bonchev–Trinajstić information content (AvgIpc) is 2.44. The van der Waals surface area contributed by atoms with Gasteiger partial charge in [0.2, 0.25) is 5.91 Å². The molecule has 7 heteroatoms. The number of phenols is 1. The van der Waals surface area contributed by atoms with Crippen LogP contribution in [0.3, 0.4) is 0 Å². The summed E-state index contributed by atoms with van der Waals surface area (Å²) >= 11 is 12.3. The van der Waals surface area contributed by atoms with Crippen molar-refractivity contribution >= 4 is 55.6 Å². The van der Waals surface area contributed by atoms with Crippen LogP contribution in [0.2, 0.25) is 5.02 Å². The Morgan fingerprint density at radius 3 is 2.59 bits per heavy atom. The van der Waals surface area contributed by atoms with Crippen LogP contribution in [0.25, 0.3) is 0 Å². The number of halogens is 3. The largest absolute Gasteiger partial charge is 0.506 e.